The van der Waals surface area contributed by atoms with Gasteiger partial charge in [0.15, 0.2) is 0 Å². The first-order valence-electron chi connectivity index (χ1n) is 26.3. The van der Waals surface area contributed by atoms with Gasteiger partial charge >= 0.3 is 5.97 Å². The number of ether oxygens (including phenoxy) is 1. The van der Waals surface area contributed by atoms with Crippen molar-refractivity contribution in [1.29, 1.82) is 0 Å². The topological polar surface area (TPSA) is 95.9 Å². The summed E-state index contributed by atoms with van der Waals surface area (Å²) in [6.07, 6.45) is 60.0. The normalized spacial score (nSPS) is 12.9. The first kappa shape index (κ1) is 58.1. The minimum atomic E-state index is -0.852. The Kier molecular flexibility index (Phi) is 48.1. The molecule has 6 heteroatoms. The molecular formula is C54H101NO5. The first-order chi connectivity index (χ1) is 29.5. The smallest absolute Gasteiger partial charge is 0.305 e. The van der Waals surface area contributed by atoms with Crippen molar-refractivity contribution >= 4 is 11.9 Å². The van der Waals surface area contributed by atoms with Crippen LogP contribution in [0.4, 0.5) is 0 Å². The Balaban J connectivity index is 3.47. The molecule has 0 aliphatic carbocycles. The highest BCUT2D eigenvalue weighted by Gasteiger charge is 2.18. The molecule has 60 heavy (non-hydrogen) atoms. The second kappa shape index (κ2) is 49.7. The number of nitrogens with one attached hydrogen (secondary N) is 1. The molecule has 0 aromatic carbocycles. The number of carbonyl (C=O) groups is 2. The van der Waals surface area contributed by atoms with E-state index in [1.807, 2.05) is 6.08 Å². The SMILES string of the molecule is CCCCCC/C=C\C/C=C\CCCCCCCCCC(=O)OCCCCCCCCCCCCCCCC(=O)NC(CO)C(O)/C=C/CCCCCCCCCCCC. The van der Waals surface area contributed by atoms with Crippen LogP contribution in [0.1, 0.15) is 271 Å². The van der Waals surface area contributed by atoms with E-state index in [9.17, 15) is 19.8 Å². The average Bonchev–Trinajstić information content (AvgIpc) is 3.25. The highest BCUT2D eigenvalue weighted by Crippen LogP contribution is 2.15. The number of unbranched alkanes of at least 4 members (excludes halogenated alkanes) is 33. The molecule has 1 amide bonds. The lowest BCUT2D eigenvalue weighted by Gasteiger charge is -2.20. The molecule has 0 heterocycles. The number of allylic oxidation sites excluding steroid dienone is 5. The molecule has 0 rings (SSSR count). The van der Waals surface area contributed by atoms with Crippen molar-refractivity contribution in [3.8, 4) is 0 Å². The molecule has 0 saturated heterocycles. The number of rotatable bonds is 48. The minimum absolute atomic E-state index is 0.0148. The number of aliphatic hydroxyl groups is 2. The third-order valence-electron chi connectivity index (χ3n) is 11.9. The molecule has 6 nitrogen and oxygen atoms in total. The molecule has 0 aromatic heterocycles. The van der Waals surface area contributed by atoms with E-state index in [4.69, 9.17) is 4.74 Å². The van der Waals surface area contributed by atoms with E-state index in [-0.39, 0.29) is 18.5 Å². The van der Waals surface area contributed by atoms with Gasteiger partial charge in [-0.25, -0.2) is 0 Å². The molecule has 0 aliphatic rings. The third kappa shape index (κ3) is 45.6. The van der Waals surface area contributed by atoms with Crippen LogP contribution < -0.4 is 5.32 Å². The summed E-state index contributed by atoms with van der Waals surface area (Å²) in [7, 11) is 0. The number of hydrogen-bond acceptors (Lipinski definition) is 5. The van der Waals surface area contributed by atoms with Gasteiger partial charge in [0.25, 0.3) is 0 Å². The summed E-state index contributed by atoms with van der Waals surface area (Å²) in [5.41, 5.74) is 0. The molecule has 352 valence electrons. The average molecular weight is 844 g/mol. The van der Waals surface area contributed by atoms with Crippen molar-refractivity contribution in [2.75, 3.05) is 13.2 Å². The largest absolute Gasteiger partial charge is 0.466 e. The van der Waals surface area contributed by atoms with Crippen LogP contribution in [0.25, 0.3) is 0 Å². The zero-order valence-corrected chi connectivity index (χ0v) is 39.9. The second-order valence-corrected chi connectivity index (χ2v) is 17.9. The van der Waals surface area contributed by atoms with E-state index in [0.29, 0.717) is 19.4 Å². The summed E-state index contributed by atoms with van der Waals surface area (Å²) in [5.74, 6) is -0.0974. The maximum Gasteiger partial charge on any atom is 0.305 e. The summed E-state index contributed by atoms with van der Waals surface area (Å²) in [5, 5.41) is 23.0. The van der Waals surface area contributed by atoms with E-state index in [1.165, 1.54) is 180 Å². The van der Waals surface area contributed by atoms with E-state index in [2.05, 4.69) is 43.5 Å². The van der Waals surface area contributed by atoms with Crippen molar-refractivity contribution in [2.45, 2.75) is 283 Å². The van der Waals surface area contributed by atoms with Gasteiger partial charge in [0.05, 0.1) is 25.4 Å². The van der Waals surface area contributed by atoms with Crippen LogP contribution >= 0.6 is 0 Å². The van der Waals surface area contributed by atoms with Gasteiger partial charge in [-0.3, -0.25) is 9.59 Å². The summed E-state index contributed by atoms with van der Waals surface area (Å²) >= 11 is 0. The summed E-state index contributed by atoms with van der Waals surface area (Å²) in [4.78, 5) is 24.5. The zero-order valence-electron chi connectivity index (χ0n) is 39.9. The molecule has 0 aliphatic heterocycles. The Bertz CT molecular complexity index is 977. The van der Waals surface area contributed by atoms with Crippen LogP contribution in [0.3, 0.4) is 0 Å². The number of hydrogen-bond donors (Lipinski definition) is 3. The highest BCUT2D eigenvalue weighted by molar-refractivity contribution is 5.76. The van der Waals surface area contributed by atoms with Crippen LogP contribution in [0.2, 0.25) is 0 Å². The predicted molar refractivity (Wildman–Crippen MR) is 259 cm³/mol. The van der Waals surface area contributed by atoms with Crippen molar-refractivity contribution in [2.24, 2.45) is 0 Å². The summed E-state index contributed by atoms with van der Waals surface area (Å²) < 4.78 is 5.47. The number of carbonyl (C=O) groups excluding carboxylic acids is 2. The summed E-state index contributed by atoms with van der Waals surface area (Å²) in [6, 6.07) is -0.637. The predicted octanol–water partition coefficient (Wildman–Crippen LogP) is 15.7. The first-order valence-corrected chi connectivity index (χ1v) is 26.3. The zero-order chi connectivity index (χ0) is 43.7. The van der Waals surface area contributed by atoms with Gasteiger partial charge in [-0.05, 0) is 64.2 Å². The molecule has 0 saturated carbocycles. The molecule has 0 bridgehead atoms. The van der Waals surface area contributed by atoms with Crippen LogP contribution in [-0.2, 0) is 14.3 Å². The Labute approximate surface area is 373 Å². The molecule has 0 fully saturated rings. The Hall–Kier alpha value is -1.92. The molecule has 2 unspecified atom stereocenters. The fraction of sp³-hybridized carbons (Fsp3) is 0.852. The molecule has 2 atom stereocenters. The Morgan fingerprint density at radius 1 is 0.467 bits per heavy atom. The van der Waals surface area contributed by atoms with Crippen molar-refractivity contribution in [3.63, 3.8) is 0 Å². The lowest BCUT2D eigenvalue weighted by molar-refractivity contribution is -0.143. The quantitative estimate of drug-likeness (QED) is 0.0322. The van der Waals surface area contributed by atoms with E-state index >= 15 is 0 Å². The van der Waals surface area contributed by atoms with Gasteiger partial charge in [-0.15, -0.1) is 0 Å². The van der Waals surface area contributed by atoms with Gasteiger partial charge in [0.1, 0.15) is 0 Å². The molecule has 0 aromatic rings. The molecule has 0 radical (unpaired) electrons. The van der Waals surface area contributed by atoms with Crippen molar-refractivity contribution in [1.82, 2.24) is 5.32 Å². The third-order valence-corrected chi connectivity index (χ3v) is 11.9. The van der Waals surface area contributed by atoms with E-state index in [0.717, 1.165) is 64.2 Å². The molecular weight excluding hydrogens is 743 g/mol. The second-order valence-electron chi connectivity index (χ2n) is 17.9. The summed E-state index contributed by atoms with van der Waals surface area (Å²) in [6.45, 7) is 4.84. The van der Waals surface area contributed by atoms with Crippen molar-refractivity contribution < 1.29 is 24.5 Å². The maximum atomic E-state index is 12.4. The lowest BCUT2D eigenvalue weighted by atomic mass is 10.0. The molecule has 3 N–H and O–H groups in total. The maximum absolute atomic E-state index is 12.4. The number of amides is 1. The minimum Gasteiger partial charge on any atom is -0.466 e. The lowest BCUT2D eigenvalue weighted by Crippen LogP contribution is -2.45. The van der Waals surface area contributed by atoms with Crippen LogP contribution in [0, 0.1) is 0 Å². The standard InChI is InChI=1S/C54H101NO5/c1-3-5-7-9-11-13-15-17-18-19-20-21-24-28-32-36-40-44-48-54(59)60-49-45-41-37-33-29-25-22-23-27-31-35-39-43-47-53(58)55-51(50-56)52(57)46-42-38-34-30-26-16-14-12-10-8-6-4-2/h13,15,18-19,42,46,51-52,56-57H,3-12,14,16-17,20-41,43-45,47-50H2,1-2H3,(H,55,58)/b15-13-,19-18-,46-42+. The fourth-order valence-corrected chi connectivity index (χ4v) is 7.84. The van der Waals surface area contributed by atoms with E-state index in [1.54, 1.807) is 6.08 Å². The van der Waals surface area contributed by atoms with Crippen molar-refractivity contribution in [3.05, 3.63) is 36.5 Å². The van der Waals surface area contributed by atoms with Gasteiger partial charge < -0.3 is 20.3 Å². The van der Waals surface area contributed by atoms with Crippen LogP contribution in [0.15, 0.2) is 36.5 Å². The highest BCUT2D eigenvalue weighted by atomic mass is 16.5. The Morgan fingerprint density at radius 2 is 0.833 bits per heavy atom. The van der Waals surface area contributed by atoms with Crippen LogP contribution in [-0.4, -0.2) is 47.4 Å². The molecule has 0 spiro atoms. The number of esters is 1. The van der Waals surface area contributed by atoms with Gasteiger partial charge in [0, 0.05) is 12.8 Å². The Morgan fingerprint density at radius 3 is 1.28 bits per heavy atom. The van der Waals surface area contributed by atoms with Crippen LogP contribution in [0.5, 0.6) is 0 Å². The van der Waals surface area contributed by atoms with E-state index < -0.39 is 12.1 Å². The fourth-order valence-electron chi connectivity index (χ4n) is 7.84. The van der Waals surface area contributed by atoms with Gasteiger partial charge in [-0.1, -0.05) is 230 Å². The number of aliphatic hydroxyl groups excluding tert-OH is 2. The van der Waals surface area contributed by atoms with Gasteiger partial charge in [-0.2, -0.15) is 0 Å². The van der Waals surface area contributed by atoms with Gasteiger partial charge in [0.2, 0.25) is 5.91 Å². The monoisotopic (exact) mass is 844 g/mol.